The molecule has 2 aliphatic carbocycles. The third-order valence-corrected chi connectivity index (χ3v) is 5.19. The zero-order chi connectivity index (χ0) is 13.5. The van der Waals surface area contributed by atoms with Crippen LogP contribution in [0.4, 0.5) is 0 Å². The van der Waals surface area contributed by atoms with Gasteiger partial charge in [0.15, 0.2) is 4.96 Å². The molecule has 0 N–H and O–H groups in total. The summed E-state index contributed by atoms with van der Waals surface area (Å²) in [6.07, 6.45) is 11.8. The van der Waals surface area contributed by atoms with E-state index >= 15 is 0 Å². The zero-order valence-corrected chi connectivity index (χ0v) is 12.3. The largest absolute Gasteiger partial charge is 0.336 e. The van der Waals surface area contributed by atoms with Gasteiger partial charge in [0.2, 0.25) is 5.91 Å². The molecule has 5 heteroatoms. The summed E-state index contributed by atoms with van der Waals surface area (Å²) in [5.41, 5.74) is 0.908. The van der Waals surface area contributed by atoms with E-state index in [9.17, 15) is 4.79 Å². The number of hydrogen-bond donors (Lipinski definition) is 0. The molecule has 20 heavy (non-hydrogen) atoms. The van der Waals surface area contributed by atoms with Crippen LogP contribution in [0, 0.1) is 0 Å². The summed E-state index contributed by atoms with van der Waals surface area (Å²) < 4.78 is 2.00. The number of rotatable bonds is 4. The first-order chi connectivity index (χ1) is 9.81. The van der Waals surface area contributed by atoms with E-state index in [2.05, 4.69) is 9.88 Å². The lowest BCUT2D eigenvalue weighted by atomic mass is 10.1. The number of aromatic nitrogens is 2. The Bertz CT molecular complexity index is 593. The zero-order valence-electron chi connectivity index (χ0n) is 11.5. The number of hydrogen-bond acceptors (Lipinski definition) is 3. The van der Waals surface area contributed by atoms with E-state index in [1.807, 2.05) is 22.2 Å². The summed E-state index contributed by atoms with van der Waals surface area (Å²) in [5, 5.41) is 2.02. The van der Waals surface area contributed by atoms with Gasteiger partial charge in [-0.3, -0.25) is 9.20 Å². The quantitative estimate of drug-likeness (QED) is 0.868. The molecule has 1 amide bonds. The van der Waals surface area contributed by atoms with Gasteiger partial charge in [-0.05, 0) is 25.7 Å². The summed E-state index contributed by atoms with van der Waals surface area (Å²) in [7, 11) is 0. The first-order valence-electron chi connectivity index (χ1n) is 7.53. The average Bonchev–Trinajstić information content (AvgIpc) is 2.82. The third-order valence-electron chi connectivity index (χ3n) is 4.42. The molecule has 4 nitrogen and oxygen atoms in total. The van der Waals surface area contributed by atoms with Crippen molar-refractivity contribution >= 4 is 22.2 Å². The smallest absolute Gasteiger partial charge is 0.229 e. The molecule has 0 radical (unpaired) electrons. The van der Waals surface area contributed by atoms with E-state index < -0.39 is 0 Å². The molecule has 0 aliphatic heterocycles. The van der Waals surface area contributed by atoms with Crippen LogP contribution < -0.4 is 0 Å². The first-order valence-corrected chi connectivity index (χ1v) is 8.41. The molecule has 4 rings (SSSR count). The molecule has 0 saturated heterocycles. The van der Waals surface area contributed by atoms with Gasteiger partial charge < -0.3 is 4.90 Å². The Balaban J connectivity index is 1.51. The Morgan fingerprint density at radius 3 is 2.75 bits per heavy atom. The van der Waals surface area contributed by atoms with Crippen LogP contribution in [0.1, 0.15) is 44.2 Å². The highest BCUT2D eigenvalue weighted by molar-refractivity contribution is 7.15. The van der Waals surface area contributed by atoms with Crippen molar-refractivity contribution in [3.63, 3.8) is 0 Å². The predicted octanol–water partition coefficient (Wildman–Crippen LogP) is 2.87. The van der Waals surface area contributed by atoms with Crippen molar-refractivity contribution in [3.8, 4) is 0 Å². The fourth-order valence-electron chi connectivity index (χ4n) is 3.35. The van der Waals surface area contributed by atoms with Crippen molar-refractivity contribution in [2.24, 2.45) is 0 Å². The molecule has 2 aromatic rings. The van der Waals surface area contributed by atoms with Gasteiger partial charge in [0.05, 0.1) is 12.1 Å². The predicted molar refractivity (Wildman–Crippen MR) is 78.9 cm³/mol. The molecule has 0 unspecified atom stereocenters. The van der Waals surface area contributed by atoms with E-state index in [4.69, 9.17) is 0 Å². The van der Waals surface area contributed by atoms with Gasteiger partial charge >= 0.3 is 0 Å². The van der Waals surface area contributed by atoms with Gasteiger partial charge in [0.25, 0.3) is 0 Å². The number of carbonyl (C=O) groups is 1. The van der Waals surface area contributed by atoms with Crippen molar-refractivity contribution in [2.45, 2.75) is 57.0 Å². The van der Waals surface area contributed by atoms with Crippen LogP contribution in [0.3, 0.4) is 0 Å². The van der Waals surface area contributed by atoms with Gasteiger partial charge in [-0.1, -0.05) is 12.8 Å². The van der Waals surface area contributed by atoms with Crippen molar-refractivity contribution < 1.29 is 4.79 Å². The van der Waals surface area contributed by atoms with Gasteiger partial charge in [-0.25, -0.2) is 4.98 Å². The Labute approximate surface area is 122 Å². The molecule has 2 aliphatic rings. The van der Waals surface area contributed by atoms with E-state index in [1.165, 1.54) is 38.5 Å². The summed E-state index contributed by atoms with van der Waals surface area (Å²) in [4.78, 5) is 20.4. The number of thiazole rings is 1. The Kier molecular flexibility index (Phi) is 3.02. The van der Waals surface area contributed by atoms with Crippen molar-refractivity contribution in [1.29, 1.82) is 0 Å². The molecular weight excluding hydrogens is 270 g/mol. The van der Waals surface area contributed by atoms with Crippen LogP contribution >= 0.6 is 11.3 Å². The number of carbonyl (C=O) groups excluding carboxylic acids is 1. The Morgan fingerprint density at radius 1 is 1.30 bits per heavy atom. The molecule has 2 fully saturated rings. The molecule has 0 aromatic carbocycles. The molecule has 0 bridgehead atoms. The highest BCUT2D eigenvalue weighted by Gasteiger charge is 2.38. The summed E-state index contributed by atoms with van der Waals surface area (Å²) in [6, 6.07) is 1.02. The summed E-state index contributed by atoms with van der Waals surface area (Å²) >= 11 is 1.61. The van der Waals surface area contributed by atoms with Crippen LogP contribution in [0.2, 0.25) is 0 Å². The molecular formula is C15H19N3OS. The number of nitrogens with zero attached hydrogens (tertiary/aromatic N) is 3. The number of imidazole rings is 1. The molecule has 2 aromatic heterocycles. The second kappa shape index (κ2) is 4.88. The highest BCUT2D eigenvalue weighted by Crippen LogP contribution is 2.34. The monoisotopic (exact) mass is 289 g/mol. The number of fused-ring (bicyclic) bond motifs is 1. The van der Waals surface area contributed by atoms with Gasteiger partial charge in [0, 0.05) is 29.9 Å². The maximum absolute atomic E-state index is 12.7. The lowest BCUT2D eigenvalue weighted by Gasteiger charge is -2.29. The van der Waals surface area contributed by atoms with Crippen molar-refractivity contribution in [2.75, 3.05) is 0 Å². The van der Waals surface area contributed by atoms with E-state index in [0.29, 0.717) is 18.5 Å². The second-order valence-electron chi connectivity index (χ2n) is 5.97. The van der Waals surface area contributed by atoms with Gasteiger partial charge in [0.1, 0.15) is 0 Å². The van der Waals surface area contributed by atoms with Gasteiger partial charge in [-0.2, -0.15) is 0 Å². The molecule has 2 saturated carbocycles. The molecule has 106 valence electrons. The second-order valence-corrected chi connectivity index (χ2v) is 6.85. The van der Waals surface area contributed by atoms with Crippen LogP contribution in [0.25, 0.3) is 4.96 Å². The van der Waals surface area contributed by atoms with Crippen LogP contribution in [-0.4, -0.2) is 32.3 Å². The number of amides is 1. The van der Waals surface area contributed by atoms with Crippen molar-refractivity contribution in [3.05, 3.63) is 23.5 Å². The summed E-state index contributed by atoms with van der Waals surface area (Å²) in [5.74, 6) is 0.283. The van der Waals surface area contributed by atoms with Crippen LogP contribution in [-0.2, 0) is 11.2 Å². The molecule has 2 heterocycles. The van der Waals surface area contributed by atoms with E-state index in [0.717, 1.165) is 10.7 Å². The standard InChI is InChI=1S/C15H19N3OS/c19-14(9-11-10-17-7-8-20-15(17)16-11)18(13-5-6-13)12-3-1-2-4-12/h7-8,10,12-13H,1-6,9H2. The SMILES string of the molecule is O=C(Cc1cn2ccsc2n1)N(C1CCCC1)C1CC1. The lowest BCUT2D eigenvalue weighted by Crippen LogP contribution is -2.41. The summed E-state index contributed by atoms with van der Waals surface area (Å²) in [6.45, 7) is 0. The van der Waals surface area contributed by atoms with Gasteiger partial charge in [-0.15, -0.1) is 11.3 Å². The van der Waals surface area contributed by atoms with Crippen LogP contribution in [0.15, 0.2) is 17.8 Å². The fraction of sp³-hybridized carbons (Fsp3) is 0.600. The lowest BCUT2D eigenvalue weighted by molar-refractivity contribution is -0.133. The highest BCUT2D eigenvalue weighted by atomic mass is 32.1. The first kappa shape index (κ1) is 12.4. The normalized spacial score (nSPS) is 19.8. The topological polar surface area (TPSA) is 37.6 Å². The Hall–Kier alpha value is -1.36. The minimum atomic E-state index is 0.283. The average molecular weight is 289 g/mol. The maximum Gasteiger partial charge on any atom is 0.229 e. The Morgan fingerprint density at radius 2 is 2.05 bits per heavy atom. The van der Waals surface area contributed by atoms with Crippen molar-refractivity contribution in [1.82, 2.24) is 14.3 Å². The molecule has 0 atom stereocenters. The minimum absolute atomic E-state index is 0.283. The molecule has 0 spiro atoms. The maximum atomic E-state index is 12.7. The third kappa shape index (κ3) is 2.24. The minimum Gasteiger partial charge on any atom is -0.336 e. The van der Waals surface area contributed by atoms with E-state index in [-0.39, 0.29) is 5.91 Å². The van der Waals surface area contributed by atoms with E-state index in [1.54, 1.807) is 11.3 Å². The van der Waals surface area contributed by atoms with Crippen LogP contribution in [0.5, 0.6) is 0 Å². The fourth-order valence-corrected chi connectivity index (χ4v) is 4.07.